The van der Waals surface area contributed by atoms with Gasteiger partial charge in [0.15, 0.2) is 0 Å². The lowest BCUT2D eigenvalue weighted by molar-refractivity contribution is -0.131. The predicted molar refractivity (Wildman–Crippen MR) is 81.3 cm³/mol. The van der Waals surface area contributed by atoms with Gasteiger partial charge in [0.2, 0.25) is 5.91 Å². The highest BCUT2D eigenvalue weighted by atomic mass is 35.5. The molecule has 110 valence electrons. The normalized spacial score (nSPS) is 18.2. The number of carbonyl (C=O) groups is 1. The summed E-state index contributed by atoms with van der Waals surface area (Å²) >= 11 is 12.0. The van der Waals surface area contributed by atoms with Crippen molar-refractivity contribution >= 4 is 29.1 Å². The third-order valence-corrected chi connectivity index (χ3v) is 4.90. The zero-order valence-electron chi connectivity index (χ0n) is 11.5. The molecular weight excluding hydrogens is 297 g/mol. The van der Waals surface area contributed by atoms with E-state index >= 15 is 0 Å². The maximum Gasteiger partial charge on any atom is 0.230 e. The summed E-state index contributed by atoms with van der Waals surface area (Å²) in [4.78, 5) is 12.6. The Morgan fingerprint density at radius 1 is 1.40 bits per heavy atom. The lowest BCUT2D eigenvalue weighted by Gasteiger charge is -2.41. The maximum absolute atomic E-state index is 12.6. The Kier molecular flexibility index (Phi) is 4.95. The average molecular weight is 316 g/mol. The van der Waals surface area contributed by atoms with Crippen molar-refractivity contribution in [2.45, 2.75) is 44.1 Å². The molecule has 0 spiro atoms. The molecule has 1 aliphatic carbocycles. The molecule has 2 N–H and O–H groups in total. The highest BCUT2D eigenvalue weighted by Crippen LogP contribution is 2.45. The van der Waals surface area contributed by atoms with Crippen molar-refractivity contribution in [3.8, 4) is 0 Å². The molecule has 20 heavy (non-hydrogen) atoms. The van der Waals surface area contributed by atoms with Crippen LogP contribution in [0.1, 0.15) is 38.2 Å². The van der Waals surface area contributed by atoms with Crippen LogP contribution in [0.15, 0.2) is 18.2 Å². The number of aliphatic hydroxyl groups is 1. The van der Waals surface area contributed by atoms with Crippen LogP contribution in [-0.4, -0.2) is 23.7 Å². The second kappa shape index (κ2) is 6.33. The van der Waals surface area contributed by atoms with Crippen LogP contribution in [0.5, 0.6) is 0 Å². The molecule has 5 heteroatoms. The van der Waals surface area contributed by atoms with Gasteiger partial charge in [0.1, 0.15) is 0 Å². The molecule has 1 aromatic carbocycles. The van der Waals surface area contributed by atoms with Crippen LogP contribution >= 0.6 is 23.2 Å². The van der Waals surface area contributed by atoms with Crippen LogP contribution in [-0.2, 0) is 10.2 Å². The van der Waals surface area contributed by atoms with Crippen molar-refractivity contribution < 1.29 is 9.90 Å². The van der Waals surface area contributed by atoms with Gasteiger partial charge in [-0.05, 0) is 37.0 Å². The van der Waals surface area contributed by atoms with Gasteiger partial charge in [-0.1, -0.05) is 42.6 Å². The molecule has 1 aliphatic rings. The number of amides is 1. The van der Waals surface area contributed by atoms with E-state index in [1.807, 2.05) is 13.0 Å². The molecule has 2 rings (SSSR count). The third kappa shape index (κ3) is 2.80. The fourth-order valence-electron chi connectivity index (χ4n) is 2.57. The second-order valence-corrected chi connectivity index (χ2v) is 6.14. The van der Waals surface area contributed by atoms with E-state index in [1.54, 1.807) is 12.1 Å². The first kappa shape index (κ1) is 15.6. The highest BCUT2D eigenvalue weighted by Gasteiger charge is 2.46. The molecule has 1 saturated carbocycles. The van der Waals surface area contributed by atoms with E-state index < -0.39 is 5.41 Å². The van der Waals surface area contributed by atoms with E-state index in [0.717, 1.165) is 24.8 Å². The fraction of sp³-hybridized carbons (Fsp3) is 0.533. The summed E-state index contributed by atoms with van der Waals surface area (Å²) in [5.41, 5.74) is 0.389. The van der Waals surface area contributed by atoms with Gasteiger partial charge >= 0.3 is 0 Å². The molecule has 0 bridgehead atoms. The average Bonchev–Trinajstić information content (AvgIpc) is 2.38. The minimum Gasteiger partial charge on any atom is -0.394 e. The Morgan fingerprint density at radius 2 is 2.10 bits per heavy atom. The van der Waals surface area contributed by atoms with Crippen molar-refractivity contribution in [3.63, 3.8) is 0 Å². The van der Waals surface area contributed by atoms with Crippen LogP contribution in [0.4, 0.5) is 0 Å². The van der Waals surface area contributed by atoms with E-state index in [9.17, 15) is 9.90 Å². The van der Waals surface area contributed by atoms with Crippen molar-refractivity contribution in [1.82, 2.24) is 5.32 Å². The van der Waals surface area contributed by atoms with E-state index in [4.69, 9.17) is 23.2 Å². The van der Waals surface area contributed by atoms with Crippen LogP contribution in [0.3, 0.4) is 0 Å². The Hall–Kier alpha value is -0.770. The molecule has 0 heterocycles. The van der Waals surface area contributed by atoms with Crippen LogP contribution in [0.25, 0.3) is 0 Å². The molecule has 1 atom stereocenters. The van der Waals surface area contributed by atoms with Gasteiger partial charge in [-0.25, -0.2) is 0 Å². The van der Waals surface area contributed by atoms with Crippen LogP contribution in [0, 0.1) is 0 Å². The summed E-state index contributed by atoms with van der Waals surface area (Å²) in [6, 6.07) is 5.19. The molecule has 0 saturated heterocycles. The molecule has 1 aromatic rings. The fourth-order valence-corrected chi connectivity index (χ4v) is 2.87. The van der Waals surface area contributed by atoms with Gasteiger partial charge in [0.25, 0.3) is 0 Å². The predicted octanol–water partition coefficient (Wildman–Crippen LogP) is 3.30. The first-order valence-electron chi connectivity index (χ1n) is 6.91. The molecule has 1 fully saturated rings. The molecule has 0 radical (unpaired) electrons. The van der Waals surface area contributed by atoms with E-state index in [2.05, 4.69) is 5.32 Å². The number of nitrogens with one attached hydrogen (secondary N) is 1. The minimum absolute atomic E-state index is 0.0250. The summed E-state index contributed by atoms with van der Waals surface area (Å²) in [6.45, 7) is 1.90. The van der Waals surface area contributed by atoms with Gasteiger partial charge < -0.3 is 10.4 Å². The molecular formula is C15H19Cl2NO2. The quantitative estimate of drug-likeness (QED) is 0.875. The van der Waals surface area contributed by atoms with Gasteiger partial charge in [-0.3, -0.25) is 4.79 Å². The first-order valence-corrected chi connectivity index (χ1v) is 7.66. The molecule has 0 aromatic heterocycles. The summed E-state index contributed by atoms with van der Waals surface area (Å²) in [5, 5.41) is 13.1. The summed E-state index contributed by atoms with van der Waals surface area (Å²) in [6.07, 6.45) is 3.33. The Labute approximate surface area is 129 Å². The van der Waals surface area contributed by atoms with Gasteiger partial charge in [0, 0.05) is 0 Å². The van der Waals surface area contributed by atoms with Gasteiger partial charge in [-0.15, -0.1) is 0 Å². The summed E-state index contributed by atoms with van der Waals surface area (Å²) in [5.74, 6) is -0.0250. The SMILES string of the molecule is CCC(CO)NC(=O)C1(c2ccc(Cl)c(Cl)c2)CCC1. The lowest BCUT2D eigenvalue weighted by atomic mass is 9.63. The summed E-state index contributed by atoms with van der Waals surface area (Å²) in [7, 11) is 0. The number of hydrogen-bond acceptors (Lipinski definition) is 2. The minimum atomic E-state index is -0.517. The van der Waals surface area contributed by atoms with Crippen LogP contribution in [0.2, 0.25) is 10.0 Å². The zero-order valence-corrected chi connectivity index (χ0v) is 13.0. The standard InChI is InChI=1S/C15H19Cl2NO2/c1-2-11(9-19)18-14(20)15(6-3-7-15)10-4-5-12(16)13(17)8-10/h4-5,8,11,19H,2-3,6-7,9H2,1H3,(H,18,20). The van der Waals surface area contributed by atoms with Crippen molar-refractivity contribution in [1.29, 1.82) is 0 Å². The van der Waals surface area contributed by atoms with Gasteiger partial charge in [-0.2, -0.15) is 0 Å². The van der Waals surface area contributed by atoms with Gasteiger partial charge in [0.05, 0.1) is 28.1 Å². The van der Waals surface area contributed by atoms with E-state index in [1.165, 1.54) is 0 Å². The monoisotopic (exact) mass is 315 g/mol. The molecule has 1 amide bonds. The van der Waals surface area contributed by atoms with Crippen LogP contribution < -0.4 is 5.32 Å². The van der Waals surface area contributed by atoms with E-state index in [-0.39, 0.29) is 18.6 Å². The third-order valence-electron chi connectivity index (χ3n) is 4.16. The number of aliphatic hydroxyl groups excluding tert-OH is 1. The number of hydrogen-bond donors (Lipinski definition) is 2. The Bertz CT molecular complexity index is 497. The topological polar surface area (TPSA) is 49.3 Å². The molecule has 1 unspecified atom stereocenters. The van der Waals surface area contributed by atoms with Crippen molar-refractivity contribution in [3.05, 3.63) is 33.8 Å². The lowest BCUT2D eigenvalue weighted by Crippen LogP contribution is -2.52. The number of rotatable bonds is 5. The second-order valence-electron chi connectivity index (χ2n) is 5.33. The van der Waals surface area contributed by atoms with Crippen molar-refractivity contribution in [2.24, 2.45) is 0 Å². The Morgan fingerprint density at radius 3 is 2.55 bits per heavy atom. The molecule has 3 nitrogen and oxygen atoms in total. The zero-order chi connectivity index (χ0) is 14.8. The smallest absolute Gasteiger partial charge is 0.230 e. The van der Waals surface area contributed by atoms with Crippen molar-refractivity contribution in [2.75, 3.05) is 6.61 Å². The highest BCUT2D eigenvalue weighted by molar-refractivity contribution is 6.42. The largest absolute Gasteiger partial charge is 0.394 e. The number of halogens is 2. The molecule has 0 aliphatic heterocycles. The summed E-state index contributed by atoms with van der Waals surface area (Å²) < 4.78 is 0. The van der Waals surface area contributed by atoms with E-state index in [0.29, 0.717) is 16.5 Å². The Balaban J connectivity index is 2.24. The number of benzene rings is 1. The number of carbonyl (C=O) groups excluding carboxylic acids is 1. The first-order chi connectivity index (χ1) is 9.53. The maximum atomic E-state index is 12.6.